The fraction of sp³-hybridized carbons (Fsp3) is 0.700. The highest BCUT2D eigenvalue weighted by atomic mass is 32.2. The van der Waals surface area contributed by atoms with Gasteiger partial charge in [0.05, 0.1) is 6.54 Å². The van der Waals surface area contributed by atoms with Crippen LogP contribution in [0.1, 0.15) is 6.92 Å². The second kappa shape index (κ2) is 6.02. The highest BCUT2D eigenvalue weighted by Gasteiger charge is 2.07. The summed E-state index contributed by atoms with van der Waals surface area (Å²) in [5, 5.41) is 4.15. The summed E-state index contributed by atoms with van der Waals surface area (Å²) in [5.41, 5.74) is 5.54. The lowest BCUT2D eigenvalue weighted by atomic mass is 10.3. The third-order valence-electron chi connectivity index (χ3n) is 2.50. The van der Waals surface area contributed by atoms with E-state index in [4.69, 9.17) is 5.73 Å². The second-order valence-electron chi connectivity index (χ2n) is 3.79. The van der Waals surface area contributed by atoms with Gasteiger partial charge in [-0.25, -0.2) is 0 Å². The molecule has 1 heterocycles. The number of anilines is 1. The van der Waals surface area contributed by atoms with Gasteiger partial charge in [-0.3, -0.25) is 4.68 Å². The molecule has 1 aromatic heterocycles. The summed E-state index contributed by atoms with van der Waals surface area (Å²) < 4.78 is 1.89. The molecule has 86 valence electrons. The van der Waals surface area contributed by atoms with Crippen LogP contribution in [0.5, 0.6) is 0 Å². The first-order valence-electron chi connectivity index (χ1n) is 5.11. The number of hydrogen-bond acceptors (Lipinski definition) is 4. The average molecular weight is 228 g/mol. The molecule has 0 aliphatic rings. The Labute approximate surface area is 95.8 Å². The minimum atomic E-state index is 0.592. The summed E-state index contributed by atoms with van der Waals surface area (Å²) in [7, 11) is 2.15. The van der Waals surface area contributed by atoms with Gasteiger partial charge in [0.1, 0.15) is 5.82 Å². The summed E-state index contributed by atoms with van der Waals surface area (Å²) in [4.78, 5) is 2.34. The second-order valence-corrected chi connectivity index (χ2v) is 4.70. The SMILES string of the molecule is CSCC(C)N(C)CCn1ccc(N)n1. The maximum Gasteiger partial charge on any atom is 0.145 e. The molecule has 4 nitrogen and oxygen atoms in total. The predicted octanol–water partition coefficient (Wildman–Crippen LogP) is 1.15. The fourth-order valence-corrected chi connectivity index (χ4v) is 2.09. The molecule has 0 aliphatic carbocycles. The Balaban J connectivity index is 2.30. The Hall–Kier alpha value is -0.680. The van der Waals surface area contributed by atoms with Gasteiger partial charge >= 0.3 is 0 Å². The van der Waals surface area contributed by atoms with E-state index in [0.717, 1.165) is 18.8 Å². The Bertz CT molecular complexity index is 287. The van der Waals surface area contributed by atoms with Crippen LogP contribution >= 0.6 is 11.8 Å². The Kier molecular flexibility index (Phi) is 4.98. The number of nitrogen functional groups attached to an aromatic ring is 1. The highest BCUT2D eigenvalue weighted by molar-refractivity contribution is 7.98. The molecule has 0 radical (unpaired) electrons. The summed E-state index contributed by atoms with van der Waals surface area (Å²) in [5.74, 6) is 1.76. The first-order valence-corrected chi connectivity index (χ1v) is 6.51. The van der Waals surface area contributed by atoms with E-state index in [1.807, 2.05) is 28.7 Å². The van der Waals surface area contributed by atoms with Crippen LogP contribution in [0.4, 0.5) is 5.82 Å². The molecule has 1 unspecified atom stereocenters. The van der Waals surface area contributed by atoms with Crippen molar-refractivity contribution in [3.8, 4) is 0 Å². The van der Waals surface area contributed by atoms with Crippen molar-refractivity contribution in [2.75, 3.05) is 31.3 Å². The van der Waals surface area contributed by atoms with Gasteiger partial charge in [0.15, 0.2) is 0 Å². The molecule has 15 heavy (non-hydrogen) atoms. The van der Waals surface area contributed by atoms with Crippen molar-refractivity contribution in [1.82, 2.24) is 14.7 Å². The van der Waals surface area contributed by atoms with E-state index in [1.165, 1.54) is 0 Å². The number of hydrogen-bond donors (Lipinski definition) is 1. The van der Waals surface area contributed by atoms with Crippen molar-refractivity contribution in [3.63, 3.8) is 0 Å². The zero-order chi connectivity index (χ0) is 11.3. The van der Waals surface area contributed by atoms with Crippen LogP contribution in [-0.2, 0) is 6.54 Å². The van der Waals surface area contributed by atoms with Crippen molar-refractivity contribution in [1.29, 1.82) is 0 Å². The van der Waals surface area contributed by atoms with E-state index < -0.39 is 0 Å². The molecule has 1 atom stereocenters. The van der Waals surface area contributed by atoms with Crippen LogP contribution in [0.3, 0.4) is 0 Å². The number of thioether (sulfide) groups is 1. The van der Waals surface area contributed by atoms with Gasteiger partial charge in [0.25, 0.3) is 0 Å². The van der Waals surface area contributed by atoms with Crippen LogP contribution in [0, 0.1) is 0 Å². The Morgan fingerprint density at radius 1 is 1.67 bits per heavy atom. The lowest BCUT2D eigenvalue weighted by Gasteiger charge is -2.23. The van der Waals surface area contributed by atoms with Gasteiger partial charge in [0.2, 0.25) is 0 Å². The molecular weight excluding hydrogens is 208 g/mol. The largest absolute Gasteiger partial charge is 0.382 e. The van der Waals surface area contributed by atoms with Gasteiger partial charge in [-0.15, -0.1) is 0 Å². The molecule has 0 aromatic carbocycles. The van der Waals surface area contributed by atoms with Crippen molar-refractivity contribution >= 4 is 17.6 Å². The van der Waals surface area contributed by atoms with Crippen LogP contribution in [0.15, 0.2) is 12.3 Å². The Morgan fingerprint density at radius 2 is 2.40 bits per heavy atom. The van der Waals surface area contributed by atoms with E-state index in [1.54, 1.807) is 0 Å². The number of nitrogens with zero attached hydrogens (tertiary/aromatic N) is 3. The van der Waals surface area contributed by atoms with Gasteiger partial charge in [0, 0.05) is 24.5 Å². The summed E-state index contributed by atoms with van der Waals surface area (Å²) in [6, 6.07) is 2.43. The third kappa shape index (κ3) is 4.13. The number of nitrogens with two attached hydrogens (primary N) is 1. The van der Waals surface area contributed by atoms with E-state index in [-0.39, 0.29) is 0 Å². The monoisotopic (exact) mass is 228 g/mol. The molecule has 2 N–H and O–H groups in total. The molecule has 0 saturated heterocycles. The van der Waals surface area contributed by atoms with Crippen LogP contribution in [0.25, 0.3) is 0 Å². The van der Waals surface area contributed by atoms with Gasteiger partial charge in [-0.05, 0) is 26.3 Å². The van der Waals surface area contributed by atoms with Gasteiger partial charge < -0.3 is 10.6 Å². The van der Waals surface area contributed by atoms with Crippen LogP contribution < -0.4 is 5.73 Å². The van der Waals surface area contributed by atoms with E-state index in [0.29, 0.717) is 11.9 Å². The normalized spacial score (nSPS) is 13.3. The van der Waals surface area contributed by atoms with E-state index in [2.05, 4.69) is 30.2 Å². The highest BCUT2D eigenvalue weighted by Crippen LogP contribution is 2.04. The molecule has 1 aromatic rings. The molecule has 0 bridgehead atoms. The average Bonchev–Trinajstić information content (AvgIpc) is 2.61. The molecule has 0 aliphatic heterocycles. The first-order chi connectivity index (χ1) is 7.13. The first kappa shape index (κ1) is 12.4. The number of rotatable bonds is 6. The van der Waals surface area contributed by atoms with Crippen molar-refractivity contribution in [2.45, 2.75) is 19.5 Å². The fourth-order valence-electron chi connectivity index (χ4n) is 1.35. The quantitative estimate of drug-likeness (QED) is 0.793. The van der Waals surface area contributed by atoms with Gasteiger partial charge in [-0.1, -0.05) is 0 Å². The topological polar surface area (TPSA) is 47.1 Å². The summed E-state index contributed by atoms with van der Waals surface area (Å²) >= 11 is 1.88. The molecular formula is C10H20N4S. The molecule has 0 amide bonds. The zero-order valence-corrected chi connectivity index (χ0v) is 10.5. The van der Waals surface area contributed by atoms with E-state index in [9.17, 15) is 0 Å². The minimum Gasteiger partial charge on any atom is -0.382 e. The number of aromatic nitrogens is 2. The van der Waals surface area contributed by atoms with Gasteiger partial charge in [-0.2, -0.15) is 16.9 Å². The summed E-state index contributed by atoms with van der Waals surface area (Å²) in [6.45, 7) is 4.14. The smallest absolute Gasteiger partial charge is 0.145 e. The summed E-state index contributed by atoms with van der Waals surface area (Å²) in [6.07, 6.45) is 4.06. The lowest BCUT2D eigenvalue weighted by Crippen LogP contribution is -2.33. The van der Waals surface area contributed by atoms with Crippen molar-refractivity contribution < 1.29 is 0 Å². The van der Waals surface area contributed by atoms with E-state index >= 15 is 0 Å². The molecule has 1 rings (SSSR count). The standard InChI is InChI=1S/C10H20N4S/c1-9(8-15-3)13(2)6-7-14-5-4-10(11)12-14/h4-5,9H,6-8H2,1-3H3,(H2,11,12). The Morgan fingerprint density at radius 3 is 2.93 bits per heavy atom. The molecule has 0 fully saturated rings. The minimum absolute atomic E-state index is 0.592. The van der Waals surface area contributed by atoms with Crippen molar-refractivity contribution in [3.05, 3.63) is 12.3 Å². The van der Waals surface area contributed by atoms with Crippen LogP contribution in [-0.4, -0.2) is 46.3 Å². The molecule has 5 heteroatoms. The third-order valence-corrected chi connectivity index (χ3v) is 3.32. The predicted molar refractivity (Wildman–Crippen MR) is 67.1 cm³/mol. The number of likely N-dealkylation sites (N-methyl/N-ethyl adjacent to an activating group) is 1. The lowest BCUT2D eigenvalue weighted by molar-refractivity contribution is 0.262. The maximum atomic E-state index is 5.54. The maximum absolute atomic E-state index is 5.54. The van der Waals surface area contributed by atoms with Crippen molar-refractivity contribution in [2.24, 2.45) is 0 Å². The van der Waals surface area contributed by atoms with Crippen LogP contribution in [0.2, 0.25) is 0 Å². The molecule has 0 saturated carbocycles. The zero-order valence-electron chi connectivity index (χ0n) is 9.68. The molecule has 0 spiro atoms.